The van der Waals surface area contributed by atoms with Crippen molar-refractivity contribution in [2.75, 3.05) is 17.8 Å². The lowest BCUT2D eigenvalue weighted by molar-refractivity contribution is -0.139. The van der Waals surface area contributed by atoms with Gasteiger partial charge in [-0.2, -0.15) is 0 Å². The largest absolute Gasteiger partial charge is 0.469 e. The summed E-state index contributed by atoms with van der Waals surface area (Å²) >= 11 is 13.0. The molecule has 2 aromatic rings. The fraction of sp³-hybridized carbons (Fsp3) is 0.391. The molecule has 4 nitrogen and oxygen atoms in total. The molecular weight excluding hydrogens is 473 g/mol. The van der Waals surface area contributed by atoms with Crippen molar-refractivity contribution in [3.63, 3.8) is 0 Å². The van der Waals surface area contributed by atoms with Gasteiger partial charge in [0, 0.05) is 17.4 Å². The number of methoxy groups -OCH3 is 1. The van der Waals surface area contributed by atoms with Crippen molar-refractivity contribution in [1.29, 1.82) is 0 Å². The average molecular weight is 498 g/mol. The van der Waals surface area contributed by atoms with Gasteiger partial charge in [-0.3, -0.25) is 14.5 Å². The second-order valence-corrected chi connectivity index (χ2v) is 10.9. The van der Waals surface area contributed by atoms with Gasteiger partial charge in [0.1, 0.15) is 0 Å². The van der Waals surface area contributed by atoms with Gasteiger partial charge in [-0.25, -0.2) is 0 Å². The lowest BCUT2D eigenvalue weighted by atomic mass is 10.1. The molecule has 1 heterocycles. The van der Waals surface area contributed by atoms with Gasteiger partial charge in [0.2, 0.25) is 5.91 Å². The standard InChI is InChI=1S/C23H25Cl2NO3S2/c1-29-22(28)15-16-7-2-4-11-20(16)26(23-18(24)9-6-10-19(23)25)21(27)12-5-3-8-17-13-14-30-31-17/h2,4,6-7,9-11,17H,3,5,8,12-15H2,1H3/t17-/m0/s1. The number of halogens is 2. The van der Waals surface area contributed by atoms with Gasteiger partial charge >= 0.3 is 5.97 Å². The summed E-state index contributed by atoms with van der Waals surface area (Å²) in [6.07, 6.45) is 4.58. The molecule has 0 spiro atoms. The smallest absolute Gasteiger partial charge is 0.310 e. The molecule has 1 aliphatic rings. The molecule has 0 unspecified atom stereocenters. The maximum absolute atomic E-state index is 13.4. The Morgan fingerprint density at radius 2 is 1.84 bits per heavy atom. The summed E-state index contributed by atoms with van der Waals surface area (Å²) in [6.45, 7) is 0. The number of anilines is 2. The molecule has 1 amide bonds. The van der Waals surface area contributed by atoms with E-state index in [1.54, 1.807) is 23.1 Å². The molecule has 0 bridgehead atoms. The third kappa shape index (κ3) is 6.58. The third-order valence-corrected chi connectivity index (χ3v) is 8.72. The van der Waals surface area contributed by atoms with Crippen molar-refractivity contribution >= 4 is 68.0 Å². The van der Waals surface area contributed by atoms with E-state index in [-0.39, 0.29) is 18.3 Å². The second-order valence-electron chi connectivity index (χ2n) is 7.26. The molecular formula is C23H25Cl2NO3S2. The van der Waals surface area contributed by atoms with Crippen LogP contribution in [0.2, 0.25) is 10.0 Å². The van der Waals surface area contributed by atoms with Gasteiger partial charge < -0.3 is 4.74 Å². The number of para-hydroxylation sites is 2. The maximum Gasteiger partial charge on any atom is 0.310 e. The number of hydrogen-bond acceptors (Lipinski definition) is 5. The Morgan fingerprint density at radius 1 is 1.10 bits per heavy atom. The highest BCUT2D eigenvalue weighted by Gasteiger charge is 2.25. The van der Waals surface area contributed by atoms with E-state index in [9.17, 15) is 9.59 Å². The quantitative estimate of drug-likeness (QED) is 0.210. The lowest BCUT2D eigenvalue weighted by Crippen LogP contribution is -2.27. The number of nitrogens with zero attached hydrogens (tertiary/aromatic N) is 1. The van der Waals surface area contributed by atoms with E-state index in [1.807, 2.05) is 45.9 Å². The van der Waals surface area contributed by atoms with Crippen LogP contribution in [-0.4, -0.2) is 30.0 Å². The summed E-state index contributed by atoms with van der Waals surface area (Å²) in [4.78, 5) is 26.9. The van der Waals surface area contributed by atoms with Crippen LogP contribution < -0.4 is 4.90 Å². The van der Waals surface area contributed by atoms with E-state index in [2.05, 4.69) is 0 Å². The van der Waals surface area contributed by atoms with Gasteiger partial charge in [0.15, 0.2) is 0 Å². The molecule has 0 radical (unpaired) electrons. The predicted octanol–water partition coefficient (Wildman–Crippen LogP) is 7.09. The fourth-order valence-corrected chi connectivity index (χ4v) is 7.11. The molecule has 1 atom stereocenters. The summed E-state index contributed by atoms with van der Waals surface area (Å²) in [5.41, 5.74) is 1.71. The minimum Gasteiger partial charge on any atom is -0.469 e. The number of amides is 1. The Labute approximate surface area is 201 Å². The van der Waals surface area contributed by atoms with Crippen molar-refractivity contribution in [2.24, 2.45) is 0 Å². The number of hydrogen-bond donors (Lipinski definition) is 0. The van der Waals surface area contributed by atoms with Crippen LogP contribution in [0, 0.1) is 0 Å². The molecule has 31 heavy (non-hydrogen) atoms. The number of esters is 1. The first-order valence-electron chi connectivity index (χ1n) is 10.2. The highest BCUT2D eigenvalue weighted by atomic mass is 35.5. The molecule has 1 saturated heterocycles. The predicted molar refractivity (Wildman–Crippen MR) is 133 cm³/mol. The van der Waals surface area contributed by atoms with E-state index < -0.39 is 0 Å². The molecule has 0 saturated carbocycles. The molecule has 8 heteroatoms. The summed E-state index contributed by atoms with van der Waals surface area (Å²) in [5.74, 6) is 0.738. The first-order chi connectivity index (χ1) is 15.0. The molecule has 1 fully saturated rings. The zero-order chi connectivity index (χ0) is 22.2. The topological polar surface area (TPSA) is 46.6 Å². The number of rotatable bonds is 9. The van der Waals surface area contributed by atoms with Crippen LogP contribution in [0.1, 0.15) is 37.7 Å². The lowest BCUT2D eigenvalue weighted by Gasteiger charge is -2.27. The Hall–Kier alpha value is -1.34. The van der Waals surface area contributed by atoms with Crippen LogP contribution in [0.5, 0.6) is 0 Å². The third-order valence-electron chi connectivity index (χ3n) is 5.10. The Kier molecular flexibility index (Phi) is 9.45. The number of benzene rings is 2. The summed E-state index contributed by atoms with van der Waals surface area (Å²) in [7, 11) is 5.24. The van der Waals surface area contributed by atoms with E-state index in [4.69, 9.17) is 27.9 Å². The van der Waals surface area contributed by atoms with Crippen molar-refractivity contribution in [3.8, 4) is 0 Å². The second kappa shape index (κ2) is 12.0. The molecule has 0 aliphatic carbocycles. The number of ether oxygens (including phenoxy) is 1. The molecule has 1 aliphatic heterocycles. The van der Waals surface area contributed by atoms with Crippen molar-refractivity contribution in [1.82, 2.24) is 0 Å². The van der Waals surface area contributed by atoms with E-state index in [0.717, 1.165) is 19.3 Å². The van der Waals surface area contributed by atoms with Gasteiger partial charge in [-0.15, -0.1) is 0 Å². The first-order valence-corrected chi connectivity index (χ1v) is 13.3. The maximum atomic E-state index is 13.4. The molecule has 0 N–H and O–H groups in total. The van der Waals surface area contributed by atoms with Crippen molar-refractivity contribution in [3.05, 3.63) is 58.1 Å². The Balaban J connectivity index is 1.85. The monoisotopic (exact) mass is 497 g/mol. The van der Waals surface area contributed by atoms with Crippen molar-refractivity contribution < 1.29 is 14.3 Å². The zero-order valence-corrected chi connectivity index (χ0v) is 20.5. The van der Waals surface area contributed by atoms with Crippen LogP contribution in [0.25, 0.3) is 0 Å². The van der Waals surface area contributed by atoms with Crippen LogP contribution in [0.15, 0.2) is 42.5 Å². The molecule has 166 valence electrons. The van der Waals surface area contributed by atoms with Crippen LogP contribution in [0.4, 0.5) is 11.4 Å². The number of carbonyl (C=O) groups is 2. The van der Waals surface area contributed by atoms with Gasteiger partial charge in [-0.1, -0.05) is 75.5 Å². The minimum atomic E-state index is -0.378. The minimum absolute atomic E-state index is 0.0507. The highest BCUT2D eigenvalue weighted by Crippen LogP contribution is 2.41. The normalized spacial score (nSPS) is 15.6. The summed E-state index contributed by atoms with van der Waals surface area (Å²) in [5, 5.41) is 1.45. The number of carbonyl (C=O) groups excluding carboxylic acids is 2. The average Bonchev–Trinajstić information content (AvgIpc) is 3.28. The van der Waals surface area contributed by atoms with E-state index in [0.29, 0.717) is 38.7 Å². The summed E-state index contributed by atoms with van der Waals surface area (Å²) in [6, 6.07) is 12.4. The van der Waals surface area contributed by atoms with Crippen LogP contribution in [0.3, 0.4) is 0 Å². The molecule has 0 aromatic heterocycles. The number of unbranched alkanes of at least 4 members (excludes halogenated alkanes) is 1. The first kappa shape index (κ1) is 24.3. The van der Waals surface area contributed by atoms with Gasteiger partial charge in [0.25, 0.3) is 0 Å². The SMILES string of the molecule is COC(=O)Cc1ccccc1N(C(=O)CCCC[C@H]1CCSS1)c1c(Cl)cccc1Cl. The van der Waals surface area contributed by atoms with E-state index >= 15 is 0 Å². The Morgan fingerprint density at radius 3 is 2.52 bits per heavy atom. The van der Waals surface area contributed by atoms with E-state index in [1.165, 1.54) is 19.3 Å². The van der Waals surface area contributed by atoms with Crippen molar-refractivity contribution in [2.45, 2.75) is 43.8 Å². The van der Waals surface area contributed by atoms with Crippen LogP contribution >= 0.6 is 44.8 Å². The fourth-order valence-electron chi connectivity index (χ4n) is 3.51. The highest BCUT2D eigenvalue weighted by molar-refractivity contribution is 8.77. The Bertz CT molecular complexity index is 899. The van der Waals surface area contributed by atoms with Gasteiger partial charge in [-0.05, 0) is 43.0 Å². The van der Waals surface area contributed by atoms with Gasteiger partial charge in [0.05, 0.1) is 35.0 Å². The van der Waals surface area contributed by atoms with Crippen LogP contribution in [-0.2, 0) is 20.7 Å². The summed E-state index contributed by atoms with van der Waals surface area (Å²) < 4.78 is 4.83. The zero-order valence-electron chi connectivity index (χ0n) is 17.3. The molecule has 3 rings (SSSR count). The molecule has 2 aromatic carbocycles.